The average molecular weight is 389 g/mol. The molecule has 11 nitrogen and oxygen atoms in total. The van der Waals surface area contributed by atoms with Crippen LogP contribution in [0.1, 0.15) is 0 Å². The van der Waals surface area contributed by atoms with Gasteiger partial charge in [-0.3, -0.25) is 15.0 Å². The molecule has 1 saturated heterocycles. The van der Waals surface area contributed by atoms with Crippen LogP contribution in [0.25, 0.3) is 0 Å². The van der Waals surface area contributed by atoms with Crippen molar-refractivity contribution < 1.29 is 14.4 Å². The highest BCUT2D eigenvalue weighted by molar-refractivity contribution is 5.74. The van der Waals surface area contributed by atoms with Gasteiger partial charge in [-0.25, -0.2) is 0 Å². The van der Waals surface area contributed by atoms with Gasteiger partial charge in [0.2, 0.25) is 17.6 Å². The van der Waals surface area contributed by atoms with E-state index in [9.17, 15) is 10.1 Å². The first-order valence-corrected chi connectivity index (χ1v) is 8.84. The van der Waals surface area contributed by atoms with Gasteiger partial charge >= 0.3 is 5.69 Å². The lowest BCUT2D eigenvalue weighted by molar-refractivity contribution is -0.383. The average Bonchev–Trinajstić information content (AvgIpc) is 2.69. The number of rotatable bonds is 8. The third kappa shape index (κ3) is 4.96. The number of nitrogen functional groups attached to an aromatic ring is 1. The van der Waals surface area contributed by atoms with E-state index in [1.165, 1.54) is 0 Å². The van der Waals surface area contributed by atoms with Gasteiger partial charge in [-0.2, -0.15) is 9.97 Å². The van der Waals surface area contributed by atoms with Crippen LogP contribution in [0.5, 0.6) is 5.75 Å². The Kier molecular flexibility index (Phi) is 6.40. The Balaban J connectivity index is 1.73. The molecule has 0 saturated carbocycles. The molecule has 2 aromatic rings. The number of morpholine rings is 1. The van der Waals surface area contributed by atoms with Crippen LogP contribution in [0, 0.1) is 10.1 Å². The molecule has 2 heterocycles. The first-order chi connectivity index (χ1) is 13.6. The molecule has 4 N–H and O–H groups in total. The minimum absolute atomic E-state index is 0.0246. The number of nitrogens with zero attached hydrogens (tertiary/aromatic N) is 4. The highest BCUT2D eigenvalue weighted by atomic mass is 16.6. The van der Waals surface area contributed by atoms with Gasteiger partial charge in [0.1, 0.15) is 5.75 Å². The topological polar surface area (TPSA) is 141 Å². The molecular weight excluding hydrogens is 366 g/mol. The molecule has 0 radical (unpaired) electrons. The van der Waals surface area contributed by atoms with Gasteiger partial charge in [-0.15, -0.1) is 0 Å². The number of nitrogens with one attached hydrogen (secondary N) is 2. The highest BCUT2D eigenvalue weighted by Crippen LogP contribution is 2.31. The van der Waals surface area contributed by atoms with E-state index >= 15 is 0 Å². The van der Waals surface area contributed by atoms with Gasteiger partial charge in [-0.1, -0.05) is 0 Å². The molecule has 1 aromatic carbocycles. The largest absolute Gasteiger partial charge is 0.497 e. The summed E-state index contributed by atoms with van der Waals surface area (Å²) in [6, 6.07) is 6.93. The molecule has 3 rings (SSSR count). The monoisotopic (exact) mass is 389 g/mol. The van der Waals surface area contributed by atoms with Crippen molar-refractivity contribution in [3.8, 4) is 5.75 Å². The molecule has 0 amide bonds. The summed E-state index contributed by atoms with van der Waals surface area (Å²) in [6.07, 6.45) is 0. The standard InChI is InChI=1S/C17H23N7O4/c1-27-13-4-2-12(3-5-13)20-16-14(24(25)26)15(18)21-17(22-16)19-6-7-23-8-10-28-11-9-23/h2-5H,6-11H2,1H3,(H4,18,19,20,21,22). The smallest absolute Gasteiger partial charge is 0.353 e. The van der Waals surface area contributed by atoms with Gasteiger partial charge in [0.05, 0.1) is 25.2 Å². The molecular formula is C17H23N7O4. The Bertz CT molecular complexity index is 810. The summed E-state index contributed by atoms with van der Waals surface area (Å²) in [5.41, 5.74) is 6.06. The van der Waals surface area contributed by atoms with Crippen LogP contribution in [0.3, 0.4) is 0 Å². The zero-order chi connectivity index (χ0) is 19.9. The van der Waals surface area contributed by atoms with Crippen molar-refractivity contribution in [1.82, 2.24) is 14.9 Å². The van der Waals surface area contributed by atoms with E-state index in [1.807, 2.05) is 0 Å². The van der Waals surface area contributed by atoms with Crippen LogP contribution in [0.15, 0.2) is 24.3 Å². The number of nitro groups is 1. The number of nitrogens with two attached hydrogens (primary N) is 1. The Morgan fingerprint density at radius 1 is 1.29 bits per heavy atom. The van der Waals surface area contributed by atoms with Crippen molar-refractivity contribution in [3.05, 3.63) is 34.4 Å². The van der Waals surface area contributed by atoms with Gasteiger partial charge in [0, 0.05) is 31.9 Å². The lowest BCUT2D eigenvalue weighted by atomic mass is 10.3. The van der Waals surface area contributed by atoms with E-state index in [-0.39, 0.29) is 23.3 Å². The molecule has 0 unspecified atom stereocenters. The first-order valence-electron chi connectivity index (χ1n) is 8.84. The van der Waals surface area contributed by atoms with Crippen LogP contribution in [-0.4, -0.2) is 66.3 Å². The van der Waals surface area contributed by atoms with Gasteiger partial charge in [-0.05, 0) is 24.3 Å². The first kappa shape index (κ1) is 19.6. The van der Waals surface area contributed by atoms with Gasteiger partial charge < -0.3 is 25.8 Å². The van der Waals surface area contributed by atoms with Crippen LogP contribution in [0.2, 0.25) is 0 Å². The molecule has 28 heavy (non-hydrogen) atoms. The molecule has 11 heteroatoms. The number of aromatic nitrogens is 2. The van der Waals surface area contributed by atoms with Crippen molar-refractivity contribution in [2.75, 3.05) is 62.9 Å². The predicted octanol–water partition coefficient (Wildman–Crippen LogP) is 1.46. The minimum atomic E-state index is -0.599. The van der Waals surface area contributed by atoms with Crippen molar-refractivity contribution in [2.24, 2.45) is 0 Å². The second-order valence-electron chi connectivity index (χ2n) is 6.12. The molecule has 1 fully saturated rings. The number of ether oxygens (including phenoxy) is 2. The Morgan fingerprint density at radius 2 is 2.00 bits per heavy atom. The molecule has 0 atom stereocenters. The van der Waals surface area contributed by atoms with Crippen molar-refractivity contribution >= 4 is 29.0 Å². The van der Waals surface area contributed by atoms with Crippen molar-refractivity contribution in [3.63, 3.8) is 0 Å². The lowest BCUT2D eigenvalue weighted by Crippen LogP contribution is -2.39. The Labute approximate surface area is 162 Å². The van der Waals surface area contributed by atoms with Crippen LogP contribution in [0.4, 0.5) is 29.0 Å². The molecule has 0 bridgehead atoms. The maximum atomic E-state index is 11.4. The molecule has 0 aliphatic carbocycles. The summed E-state index contributed by atoms with van der Waals surface area (Å²) in [6.45, 7) is 4.54. The second-order valence-corrected chi connectivity index (χ2v) is 6.12. The van der Waals surface area contributed by atoms with Crippen LogP contribution in [-0.2, 0) is 4.74 Å². The normalized spacial score (nSPS) is 14.5. The second kappa shape index (κ2) is 9.15. The van der Waals surface area contributed by atoms with E-state index in [4.69, 9.17) is 15.2 Å². The fourth-order valence-corrected chi connectivity index (χ4v) is 2.78. The summed E-state index contributed by atoms with van der Waals surface area (Å²) < 4.78 is 10.4. The number of hydrogen-bond donors (Lipinski definition) is 3. The summed E-state index contributed by atoms with van der Waals surface area (Å²) in [5, 5.41) is 17.4. The summed E-state index contributed by atoms with van der Waals surface area (Å²) in [7, 11) is 1.56. The quantitative estimate of drug-likeness (QED) is 0.449. The zero-order valence-electron chi connectivity index (χ0n) is 15.6. The van der Waals surface area contributed by atoms with Crippen molar-refractivity contribution in [2.45, 2.75) is 0 Å². The fraction of sp³-hybridized carbons (Fsp3) is 0.412. The van der Waals surface area contributed by atoms with Crippen LogP contribution < -0.4 is 21.1 Å². The van der Waals surface area contributed by atoms with E-state index in [0.717, 1.165) is 32.8 Å². The molecule has 1 aliphatic rings. The Morgan fingerprint density at radius 3 is 2.64 bits per heavy atom. The van der Waals surface area contributed by atoms with E-state index in [0.29, 0.717) is 18.0 Å². The summed E-state index contributed by atoms with van der Waals surface area (Å²) >= 11 is 0. The number of anilines is 4. The van der Waals surface area contributed by atoms with Gasteiger partial charge in [0.25, 0.3) is 0 Å². The maximum absolute atomic E-state index is 11.4. The minimum Gasteiger partial charge on any atom is -0.497 e. The SMILES string of the molecule is COc1ccc(Nc2nc(NCCN3CCOCC3)nc(N)c2[N+](=O)[O-])cc1. The van der Waals surface area contributed by atoms with Crippen LogP contribution >= 0.6 is 0 Å². The van der Waals surface area contributed by atoms with E-state index in [1.54, 1.807) is 31.4 Å². The highest BCUT2D eigenvalue weighted by Gasteiger charge is 2.23. The van der Waals surface area contributed by atoms with Gasteiger partial charge in [0.15, 0.2) is 0 Å². The molecule has 150 valence electrons. The number of hydrogen-bond acceptors (Lipinski definition) is 10. The van der Waals surface area contributed by atoms with Crippen molar-refractivity contribution in [1.29, 1.82) is 0 Å². The third-order valence-corrected chi connectivity index (χ3v) is 4.26. The maximum Gasteiger partial charge on any atom is 0.353 e. The number of methoxy groups -OCH3 is 1. The molecule has 0 spiro atoms. The lowest BCUT2D eigenvalue weighted by Gasteiger charge is -2.26. The predicted molar refractivity (Wildman–Crippen MR) is 105 cm³/mol. The van der Waals surface area contributed by atoms with E-state index in [2.05, 4.69) is 25.5 Å². The Hall–Kier alpha value is -3.18. The third-order valence-electron chi connectivity index (χ3n) is 4.26. The van der Waals surface area contributed by atoms with E-state index < -0.39 is 4.92 Å². The molecule has 1 aliphatic heterocycles. The number of benzene rings is 1. The zero-order valence-corrected chi connectivity index (χ0v) is 15.6. The fourth-order valence-electron chi connectivity index (χ4n) is 2.78. The summed E-state index contributed by atoms with van der Waals surface area (Å²) in [4.78, 5) is 21.3. The summed E-state index contributed by atoms with van der Waals surface area (Å²) in [5.74, 6) is 0.724. The molecule has 1 aromatic heterocycles.